The van der Waals surface area contributed by atoms with E-state index >= 15 is 0 Å². The molecule has 0 heterocycles. The molecule has 11 aromatic carbocycles. The van der Waals surface area contributed by atoms with Crippen LogP contribution in [0, 0.1) is 6.92 Å². The highest BCUT2D eigenvalue weighted by atomic mass is 32.2. The van der Waals surface area contributed by atoms with E-state index in [0.29, 0.717) is 17.5 Å². The molecule has 0 atom stereocenters. The number of rotatable bonds is 16. The number of hydrogen-bond donors (Lipinski definition) is 7. The lowest BCUT2D eigenvalue weighted by atomic mass is 10.1. The molecule has 0 aliphatic rings. The van der Waals surface area contributed by atoms with Crippen molar-refractivity contribution in [1.29, 1.82) is 0 Å². The van der Waals surface area contributed by atoms with Crippen LogP contribution >= 0.6 is 0 Å². The molecule has 0 aromatic heterocycles. The first-order valence-corrected chi connectivity index (χ1v) is 37.1. The maximum absolute atomic E-state index is 13.4. The van der Waals surface area contributed by atoms with Gasteiger partial charge in [0, 0.05) is 37.7 Å². The predicted molar refractivity (Wildman–Crippen MR) is 347 cm³/mol. The van der Waals surface area contributed by atoms with E-state index in [9.17, 15) is 83.5 Å². The van der Waals surface area contributed by atoms with E-state index in [1.54, 1.807) is 49.4 Å². The lowest BCUT2D eigenvalue weighted by molar-refractivity contribution is 0.441. The number of phenols is 2. The van der Waals surface area contributed by atoms with Crippen molar-refractivity contribution in [3.63, 3.8) is 0 Å². The van der Waals surface area contributed by atoms with Crippen LogP contribution in [0.5, 0.6) is 17.2 Å². The van der Waals surface area contributed by atoms with Gasteiger partial charge in [0.05, 0.1) is 71.0 Å². The third-order valence-corrected chi connectivity index (χ3v) is 19.4. The maximum Gasteiger partial charge on any atom is 0.425 e. The molecule has 0 aliphatic heterocycles. The van der Waals surface area contributed by atoms with E-state index in [4.69, 9.17) is 29.4 Å². The van der Waals surface area contributed by atoms with Gasteiger partial charge in [-0.1, -0.05) is 60.2 Å². The van der Waals surface area contributed by atoms with Crippen LogP contribution in [0.2, 0.25) is 0 Å². The van der Waals surface area contributed by atoms with Gasteiger partial charge in [-0.25, -0.2) is 0 Å². The van der Waals surface area contributed by atoms with E-state index in [1.165, 1.54) is 72.8 Å². The van der Waals surface area contributed by atoms with Crippen molar-refractivity contribution >= 4 is 181 Å². The third kappa shape index (κ3) is 16.6. The minimum Gasteiger partial charge on any atom is -0.506 e. The molecule has 0 bridgehead atoms. The van der Waals surface area contributed by atoms with Gasteiger partial charge in [0.1, 0.15) is 26.2 Å². The van der Waals surface area contributed by atoms with Crippen molar-refractivity contribution < 1.29 is 113 Å². The van der Waals surface area contributed by atoms with Crippen LogP contribution in [0.1, 0.15) is 5.56 Å². The number of aromatic hydroxyl groups is 2. The van der Waals surface area contributed by atoms with Crippen LogP contribution in [0.15, 0.2) is 240 Å². The lowest BCUT2D eigenvalue weighted by Gasteiger charge is -2.12. The van der Waals surface area contributed by atoms with Gasteiger partial charge in [-0.2, -0.15) is 50.5 Å². The summed E-state index contributed by atoms with van der Waals surface area (Å²) in [5.41, 5.74) is 0.0244. The molecule has 42 heteroatoms. The first kappa shape index (κ1) is 72.5. The molecule has 0 aliphatic carbocycles. The molecule has 0 amide bonds. The van der Waals surface area contributed by atoms with Gasteiger partial charge in [-0.3, -0.25) is 22.8 Å². The van der Waals surface area contributed by atoms with Gasteiger partial charge in [-0.05, 0) is 128 Å². The smallest absolute Gasteiger partial charge is 0.425 e. The molecule has 510 valence electrons. The zero-order chi connectivity index (χ0) is 72.5. The Kier molecular flexibility index (Phi) is 20.5. The molecule has 34 nitrogen and oxygen atoms in total. The Morgan fingerprint density at radius 2 is 0.646 bits per heavy atom. The average molecular weight is 1510 g/mol. The summed E-state index contributed by atoms with van der Waals surface area (Å²) in [7, 11) is -35.6. The van der Waals surface area contributed by atoms with Crippen molar-refractivity contribution in [3.05, 3.63) is 175 Å². The minimum atomic E-state index is -5.26. The second-order valence-corrected chi connectivity index (χ2v) is 29.5. The normalized spacial score (nSPS) is 12.6. The largest absolute Gasteiger partial charge is 0.506 e. The zero-order valence-corrected chi connectivity index (χ0v) is 55.4. The summed E-state index contributed by atoms with van der Waals surface area (Å²) in [6.45, 7) is 1.80. The molecule has 99 heavy (non-hydrogen) atoms. The van der Waals surface area contributed by atoms with Crippen LogP contribution in [0.4, 0.5) is 45.5 Å². The van der Waals surface area contributed by atoms with Crippen LogP contribution in [-0.4, -0.2) is 109 Å². The molecular weight excluding hydrogens is 1470 g/mol. The fraction of sp³-hybridized carbons (Fsp3) is 0.0175. The zero-order valence-electron chi connectivity index (χ0n) is 48.9. The number of phenolic OH excluding ortho intramolecular Hbond substituents is 2. The Hall–Kier alpha value is -10.7. The predicted octanol–water partition coefficient (Wildman–Crippen LogP) is 11.8. The average Bonchev–Trinajstić information content (AvgIpc) is 0.760. The first-order valence-electron chi connectivity index (χ1n) is 26.5. The Morgan fingerprint density at radius 3 is 1.02 bits per heavy atom. The van der Waals surface area contributed by atoms with Crippen LogP contribution in [0.25, 0.3) is 53.9 Å². The SMILES string of the molecule is Cc1ccc(S(=O)(=O)Oc2cccc3cccc(N=Nc4ccc(N=Nc5ccc(N=Nc6ccc(N=Nc7cc(S(=O)(=O)O)c(O)c8ccc(S(=O)(=O)O)c(O)c78)c7cc(S(=O)(=O)O)ccc67)c6cc(S(=O)(=O)O)ccc56)c5cc(S(=O)(=O)O)ccc45)c23)cc1.O=S(=O)=O.O=S(=O)=O. The summed E-state index contributed by atoms with van der Waals surface area (Å²) in [5, 5.41) is 56.0. The van der Waals surface area contributed by atoms with E-state index in [1.807, 2.05) is 0 Å². The molecule has 0 saturated heterocycles. The molecule has 0 unspecified atom stereocenters. The Balaban J connectivity index is 0.00000136. The molecule has 11 aromatic rings. The van der Waals surface area contributed by atoms with Crippen LogP contribution < -0.4 is 4.18 Å². The fourth-order valence-corrected chi connectivity index (χ4v) is 13.2. The second kappa shape index (κ2) is 28.0. The Bertz CT molecular complexity index is 6330. The molecule has 0 fully saturated rings. The van der Waals surface area contributed by atoms with Gasteiger partial charge in [-0.15, -0.1) is 66.2 Å². The number of nitrogens with zero attached hydrogens (tertiary/aromatic N) is 8. The summed E-state index contributed by atoms with van der Waals surface area (Å²) < 4.78 is 257. The third-order valence-electron chi connectivity index (χ3n) is 13.8. The van der Waals surface area contributed by atoms with E-state index in [-0.39, 0.29) is 88.2 Å². The topological polar surface area (TPSA) is 557 Å². The van der Waals surface area contributed by atoms with Crippen LogP contribution in [0.3, 0.4) is 0 Å². The van der Waals surface area contributed by atoms with E-state index in [0.717, 1.165) is 48.0 Å². The summed E-state index contributed by atoms with van der Waals surface area (Å²) in [4.78, 5) is -4.21. The number of aryl methyl sites for hydroxylation is 1. The Labute approximate surface area is 560 Å². The Morgan fingerprint density at radius 1 is 0.313 bits per heavy atom. The molecule has 11 rings (SSSR count). The van der Waals surface area contributed by atoms with Crippen LogP contribution in [-0.2, 0) is 81.9 Å². The minimum absolute atomic E-state index is 0.00352. The van der Waals surface area contributed by atoms with Crippen molar-refractivity contribution in [2.24, 2.45) is 40.9 Å². The monoisotopic (exact) mass is 1510 g/mol. The highest BCUT2D eigenvalue weighted by molar-refractivity contribution is 7.87. The fourth-order valence-electron chi connectivity index (χ4n) is 9.54. The van der Waals surface area contributed by atoms with Gasteiger partial charge in [0.2, 0.25) is 0 Å². The van der Waals surface area contributed by atoms with Gasteiger partial charge >= 0.3 is 31.3 Å². The highest BCUT2D eigenvalue weighted by Gasteiger charge is 2.27. The summed E-state index contributed by atoms with van der Waals surface area (Å²) in [6.07, 6.45) is 0. The van der Waals surface area contributed by atoms with E-state index in [2.05, 4.69) is 40.9 Å². The molecule has 0 radical (unpaired) electrons. The number of benzene rings is 11. The maximum atomic E-state index is 13.4. The quantitative estimate of drug-likeness (QED) is 0.0268. The van der Waals surface area contributed by atoms with Gasteiger partial charge < -0.3 is 14.4 Å². The molecule has 0 saturated carbocycles. The second-order valence-electron chi connectivity index (χ2n) is 20.1. The first-order chi connectivity index (χ1) is 46.2. The van der Waals surface area contributed by atoms with Gasteiger partial charge in [0.15, 0.2) is 5.75 Å². The van der Waals surface area contributed by atoms with Crippen molar-refractivity contribution in [2.45, 2.75) is 36.3 Å². The van der Waals surface area contributed by atoms with Crippen molar-refractivity contribution in [1.82, 2.24) is 0 Å². The molecular formula is C57H38N8O26S8. The number of fused-ring (bicyclic) bond motifs is 5. The van der Waals surface area contributed by atoms with Crippen molar-refractivity contribution in [3.8, 4) is 17.2 Å². The summed E-state index contributed by atoms with van der Waals surface area (Å²) in [5.74, 6) is -2.44. The summed E-state index contributed by atoms with van der Waals surface area (Å²) >= 11 is 0. The summed E-state index contributed by atoms with van der Waals surface area (Å²) in [6, 6.07) is 35.7. The van der Waals surface area contributed by atoms with E-state index < -0.39 is 134 Å². The molecule has 7 N–H and O–H groups in total. The molecule has 0 spiro atoms. The van der Waals surface area contributed by atoms with Crippen molar-refractivity contribution in [2.75, 3.05) is 0 Å². The lowest BCUT2D eigenvalue weighted by Crippen LogP contribution is -2.10. The standard InChI is InChI=1S/C57H38N8O20S6.2O3S/c1-30-8-10-32(11-9-30)91(83,84)85-51-7-3-5-31-4-2-6-49(54(31)51)64-60-45-21-23-47(41-27-34(87(71,72)73)14-17-38(41)45)62-58-43-19-22-46(40-26-33(86(68,69)70)12-15-36(40)43)61-59-44-20-24-48(42-28-35(88(74,75)76)13-16-37(42)44)63-65-50-29-53(90(80,81)82)56(66)39-18-25-52(89(77,78)79)57(67)55(39)50;2*1-4(2)3/h2-29,66-67H,1H3,(H,68,69,70)(H,71,72,73)(H,74,75,76)(H,77,78,79)(H,80,81,82);;. The van der Waals surface area contributed by atoms with Gasteiger partial charge in [0.25, 0.3) is 50.6 Å². The number of hydrogen-bond acceptors (Lipinski definition) is 29. The highest BCUT2D eigenvalue weighted by Crippen LogP contribution is 2.47. The number of azo groups is 4.